The minimum atomic E-state index is -0.278. The third kappa shape index (κ3) is 9.88. The average Bonchev–Trinajstić information content (AvgIpc) is 1.83. The Morgan fingerprint density at radius 3 is 2.42 bits per heavy atom. The minimum absolute atomic E-state index is 0.0630. The van der Waals surface area contributed by atoms with Gasteiger partial charge in [-0.15, -0.1) is 0 Å². The predicted octanol–water partition coefficient (Wildman–Crippen LogP) is 0.772. The first-order valence-corrected chi connectivity index (χ1v) is 4.44. The number of aliphatic hydroxyl groups is 1. The van der Waals surface area contributed by atoms with Crippen molar-refractivity contribution in [2.45, 2.75) is 39.4 Å². The largest absolute Gasteiger partial charge is 0.392 e. The summed E-state index contributed by atoms with van der Waals surface area (Å²) in [6.45, 7) is 9.97. The highest BCUT2D eigenvalue weighted by molar-refractivity contribution is 4.59. The summed E-state index contributed by atoms with van der Waals surface area (Å²) in [4.78, 5) is 0. The first-order chi connectivity index (χ1) is 5.42. The number of hydrogen-bond donors (Lipinski definition) is 2. The van der Waals surface area contributed by atoms with E-state index in [0.717, 1.165) is 6.54 Å². The van der Waals surface area contributed by atoms with Gasteiger partial charge in [-0.05, 0) is 27.7 Å². The highest BCUT2D eigenvalue weighted by Gasteiger charge is 2.08. The van der Waals surface area contributed by atoms with Gasteiger partial charge in [0.25, 0.3) is 0 Å². The lowest BCUT2D eigenvalue weighted by atomic mass is 10.2. The Kier molecular flexibility index (Phi) is 5.46. The summed E-state index contributed by atoms with van der Waals surface area (Å²) in [6, 6.07) is 0. The fourth-order valence-corrected chi connectivity index (χ4v) is 0.740. The third-order valence-electron chi connectivity index (χ3n) is 1.25. The summed E-state index contributed by atoms with van der Waals surface area (Å²) in [5.74, 6) is 0. The second-order valence-electron chi connectivity index (χ2n) is 4.01. The van der Waals surface area contributed by atoms with Crippen LogP contribution in [-0.2, 0) is 4.74 Å². The molecule has 1 atom stereocenters. The van der Waals surface area contributed by atoms with E-state index in [9.17, 15) is 0 Å². The van der Waals surface area contributed by atoms with E-state index in [-0.39, 0.29) is 11.7 Å². The maximum Gasteiger partial charge on any atom is 0.0636 e. The molecule has 0 amide bonds. The Labute approximate surface area is 75.1 Å². The van der Waals surface area contributed by atoms with Gasteiger partial charge in [0.05, 0.1) is 18.3 Å². The smallest absolute Gasteiger partial charge is 0.0636 e. The van der Waals surface area contributed by atoms with E-state index in [1.807, 2.05) is 20.8 Å². The molecule has 2 N–H and O–H groups in total. The predicted molar refractivity (Wildman–Crippen MR) is 50.3 cm³/mol. The summed E-state index contributed by atoms with van der Waals surface area (Å²) in [5.41, 5.74) is -0.0630. The van der Waals surface area contributed by atoms with Crippen LogP contribution in [0, 0.1) is 0 Å². The summed E-state index contributed by atoms with van der Waals surface area (Å²) >= 11 is 0. The fraction of sp³-hybridized carbons (Fsp3) is 1.00. The lowest BCUT2D eigenvalue weighted by Gasteiger charge is -2.19. The lowest BCUT2D eigenvalue weighted by molar-refractivity contribution is -0.00141. The highest BCUT2D eigenvalue weighted by atomic mass is 16.5. The SMILES string of the molecule is CC(O)CNCCOC(C)(C)C. The molecule has 0 bridgehead atoms. The summed E-state index contributed by atoms with van der Waals surface area (Å²) in [5, 5.41) is 12.0. The zero-order valence-corrected chi connectivity index (χ0v) is 8.55. The van der Waals surface area contributed by atoms with E-state index in [0.29, 0.717) is 13.2 Å². The van der Waals surface area contributed by atoms with Crippen LogP contribution in [-0.4, -0.2) is 36.5 Å². The van der Waals surface area contributed by atoms with Gasteiger partial charge in [-0.3, -0.25) is 0 Å². The third-order valence-corrected chi connectivity index (χ3v) is 1.25. The molecule has 3 heteroatoms. The van der Waals surface area contributed by atoms with Gasteiger partial charge in [-0.1, -0.05) is 0 Å². The standard InChI is InChI=1S/C9H21NO2/c1-8(11)7-10-5-6-12-9(2,3)4/h8,10-11H,5-7H2,1-4H3. The van der Waals surface area contributed by atoms with Crippen molar-refractivity contribution in [1.82, 2.24) is 5.32 Å². The molecule has 12 heavy (non-hydrogen) atoms. The van der Waals surface area contributed by atoms with Crippen LogP contribution < -0.4 is 5.32 Å². The van der Waals surface area contributed by atoms with E-state index in [1.165, 1.54) is 0 Å². The van der Waals surface area contributed by atoms with Gasteiger partial charge < -0.3 is 15.2 Å². The molecule has 74 valence electrons. The van der Waals surface area contributed by atoms with Gasteiger partial charge in [0, 0.05) is 13.1 Å². The molecule has 0 spiro atoms. The zero-order valence-electron chi connectivity index (χ0n) is 8.55. The van der Waals surface area contributed by atoms with E-state index >= 15 is 0 Å². The molecule has 0 aliphatic heterocycles. The minimum Gasteiger partial charge on any atom is -0.392 e. The molecule has 0 radical (unpaired) electrons. The first kappa shape index (κ1) is 11.9. The van der Waals surface area contributed by atoms with Crippen LogP contribution in [0.1, 0.15) is 27.7 Å². The van der Waals surface area contributed by atoms with Gasteiger partial charge in [0.15, 0.2) is 0 Å². The molecule has 0 heterocycles. The summed E-state index contributed by atoms with van der Waals surface area (Å²) in [6.07, 6.45) is -0.278. The van der Waals surface area contributed by atoms with Crippen LogP contribution in [0.2, 0.25) is 0 Å². The molecule has 0 aliphatic rings. The Hall–Kier alpha value is -0.120. The van der Waals surface area contributed by atoms with Crippen LogP contribution in [0.5, 0.6) is 0 Å². The lowest BCUT2D eigenvalue weighted by Crippen LogP contribution is -2.30. The van der Waals surface area contributed by atoms with Crippen molar-refractivity contribution in [2.75, 3.05) is 19.7 Å². The van der Waals surface area contributed by atoms with Gasteiger partial charge in [0.1, 0.15) is 0 Å². The van der Waals surface area contributed by atoms with Crippen LogP contribution in [0.25, 0.3) is 0 Å². The molecule has 0 aromatic rings. The molecule has 0 aromatic heterocycles. The maximum absolute atomic E-state index is 8.91. The fourth-order valence-electron chi connectivity index (χ4n) is 0.740. The molecular weight excluding hydrogens is 154 g/mol. The van der Waals surface area contributed by atoms with Crippen LogP contribution in [0.4, 0.5) is 0 Å². The summed E-state index contributed by atoms with van der Waals surface area (Å²) in [7, 11) is 0. The van der Waals surface area contributed by atoms with Crippen molar-refractivity contribution in [1.29, 1.82) is 0 Å². The van der Waals surface area contributed by atoms with Gasteiger partial charge in [0.2, 0.25) is 0 Å². The second-order valence-corrected chi connectivity index (χ2v) is 4.01. The van der Waals surface area contributed by atoms with Crippen molar-refractivity contribution in [2.24, 2.45) is 0 Å². The number of rotatable bonds is 5. The Morgan fingerprint density at radius 2 is 2.00 bits per heavy atom. The first-order valence-electron chi connectivity index (χ1n) is 4.44. The molecule has 0 aromatic carbocycles. The number of aliphatic hydroxyl groups excluding tert-OH is 1. The quantitative estimate of drug-likeness (QED) is 0.606. The number of hydrogen-bond acceptors (Lipinski definition) is 3. The Bertz CT molecular complexity index is 108. The van der Waals surface area contributed by atoms with Gasteiger partial charge >= 0.3 is 0 Å². The molecule has 0 rings (SSSR count). The summed E-state index contributed by atoms with van der Waals surface area (Å²) < 4.78 is 5.47. The van der Waals surface area contributed by atoms with Crippen molar-refractivity contribution >= 4 is 0 Å². The van der Waals surface area contributed by atoms with Crippen molar-refractivity contribution in [3.63, 3.8) is 0 Å². The molecule has 0 fully saturated rings. The van der Waals surface area contributed by atoms with Crippen LogP contribution in [0.15, 0.2) is 0 Å². The monoisotopic (exact) mass is 175 g/mol. The van der Waals surface area contributed by atoms with Gasteiger partial charge in [-0.25, -0.2) is 0 Å². The molecule has 3 nitrogen and oxygen atoms in total. The van der Waals surface area contributed by atoms with E-state index in [2.05, 4.69) is 5.32 Å². The average molecular weight is 175 g/mol. The highest BCUT2D eigenvalue weighted by Crippen LogP contribution is 2.04. The number of ether oxygens (including phenoxy) is 1. The molecule has 0 saturated heterocycles. The van der Waals surface area contributed by atoms with E-state index in [1.54, 1.807) is 6.92 Å². The van der Waals surface area contributed by atoms with Crippen molar-refractivity contribution in [3.8, 4) is 0 Å². The maximum atomic E-state index is 8.91. The van der Waals surface area contributed by atoms with Crippen LogP contribution in [0.3, 0.4) is 0 Å². The molecule has 0 saturated carbocycles. The van der Waals surface area contributed by atoms with Crippen molar-refractivity contribution < 1.29 is 9.84 Å². The molecule has 1 unspecified atom stereocenters. The normalized spacial score (nSPS) is 14.8. The second kappa shape index (κ2) is 5.51. The molecule has 0 aliphatic carbocycles. The molecular formula is C9H21NO2. The number of nitrogens with one attached hydrogen (secondary N) is 1. The van der Waals surface area contributed by atoms with E-state index < -0.39 is 0 Å². The van der Waals surface area contributed by atoms with Crippen LogP contribution >= 0.6 is 0 Å². The topological polar surface area (TPSA) is 41.5 Å². The Balaban J connectivity index is 3.12. The van der Waals surface area contributed by atoms with E-state index in [4.69, 9.17) is 9.84 Å². The van der Waals surface area contributed by atoms with Gasteiger partial charge in [-0.2, -0.15) is 0 Å². The Morgan fingerprint density at radius 1 is 1.42 bits per heavy atom. The zero-order chi connectivity index (χ0) is 9.61. The van der Waals surface area contributed by atoms with Crippen molar-refractivity contribution in [3.05, 3.63) is 0 Å².